The summed E-state index contributed by atoms with van der Waals surface area (Å²) < 4.78 is 5.24. The maximum atomic E-state index is 11.6. The van der Waals surface area contributed by atoms with Crippen LogP contribution in [0.4, 0.5) is 4.79 Å². The van der Waals surface area contributed by atoms with E-state index in [1.54, 1.807) is 0 Å². The summed E-state index contributed by atoms with van der Waals surface area (Å²) in [4.78, 5) is 33.6. The lowest BCUT2D eigenvalue weighted by atomic mass is 10.2. The van der Waals surface area contributed by atoms with E-state index in [-0.39, 0.29) is 16.3 Å². The van der Waals surface area contributed by atoms with Gasteiger partial charge in [-0.05, 0) is 25.1 Å². The first kappa shape index (κ1) is 15.8. The molecule has 0 aliphatic rings. The van der Waals surface area contributed by atoms with Gasteiger partial charge in [0, 0.05) is 12.1 Å². The number of aromatic carboxylic acids is 1. The zero-order chi connectivity index (χ0) is 15.3. The van der Waals surface area contributed by atoms with Crippen LogP contribution in [0.25, 0.3) is 0 Å². The van der Waals surface area contributed by atoms with Crippen molar-refractivity contribution in [1.29, 1.82) is 0 Å². The number of rotatable bonds is 4. The van der Waals surface area contributed by atoms with E-state index in [2.05, 4.69) is 5.32 Å². The number of urea groups is 1. The Hall–Kier alpha value is -2.28. The van der Waals surface area contributed by atoms with Gasteiger partial charge in [-0.25, -0.2) is 9.59 Å². The van der Waals surface area contributed by atoms with Gasteiger partial charge < -0.3 is 15.2 Å². The van der Waals surface area contributed by atoms with Crippen LogP contribution in [0.3, 0.4) is 0 Å². The largest absolute Gasteiger partial charge is 0.480 e. The van der Waals surface area contributed by atoms with Crippen LogP contribution in [-0.4, -0.2) is 36.2 Å². The number of carbonyl (C=O) groups excluding carboxylic acids is 2. The number of imide groups is 1. The molecule has 0 heterocycles. The van der Waals surface area contributed by atoms with Gasteiger partial charge in [0.15, 0.2) is 6.10 Å². The van der Waals surface area contributed by atoms with E-state index < -0.39 is 24.0 Å². The van der Waals surface area contributed by atoms with Gasteiger partial charge in [-0.15, -0.1) is 0 Å². The normalized spacial score (nSPS) is 11.3. The molecular weight excluding hydrogens is 288 g/mol. The van der Waals surface area contributed by atoms with Crippen molar-refractivity contribution in [2.45, 2.75) is 13.0 Å². The molecule has 0 fully saturated rings. The molecule has 0 aliphatic carbocycles. The van der Waals surface area contributed by atoms with Crippen molar-refractivity contribution < 1.29 is 24.2 Å². The summed E-state index contributed by atoms with van der Waals surface area (Å²) in [5.74, 6) is -1.95. The summed E-state index contributed by atoms with van der Waals surface area (Å²) in [6, 6.07) is 3.31. The standard InChI is InChI=1S/C12H13ClN2O5/c1-6(10(16)15-12(19)14-2)20-9-4-3-7(13)5-8(9)11(17)18/h3-6H,1-2H3,(H,17,18)(H2,14,15,16,19). The Labute approximate surface area is 119 Å². The van der Waals surface area contributed by atoms with Crippen LogP contribution >= 0.6 is 11.6 Å². The van der Waals surface area contributed by atoms with Gasteiger partial charge in [0.2, 0.25) is 0 Å². The minimum atomic E-state index is -1.23. The van der Waals surface area contributed by atoms with Crippen molar-refractivity contribution in [2.75, 3.05) is 7.05 Å². The monoisotopic (exact) mass is 300 g/mol. The van der Waals surface area contributed by atoms with Gasteiger partial charge in [0.1, 0.15) is 11.3 Å². The molecule has 1 atom stereocenters. The molecule has 0 aromatic heterocycles. The van der Waals surface area contributed by atoms with Crippen LogP contribution in [0.2, 0.25) is 5.02 Å². The third-order valence-electron chi connectivity index (χ3n) is 2.31. The number of nitrogens with one attached hydrogen (secondary N) is 2. The molecule has 1 rings (SSSR count). The highest BCUT2D eigenvalue weighted by Crippen LogP contribution is 2.23. The molecule has 108 valence electrons. The second kappa shape index (κ2) is 6.76. The first-order valence-corrected chi connectivity index (χ1v) is 5.95. The molecule has 0 saturated heterocycles. The molecule has 3 amide bonds. The summed E-state index contributed by atoms with van der Waals surface area (Å²) in [7, 11) is 1.36. The minimum Gasteiger partial charge on any atom is -0.480 e. The molecule has 1 aromatic carbocycles. The van der Waals surface area contributed by atoms with Gasteiger partial charge in [0.25, 0.3) is 5.91 Å². The molecule has 0 aliphatic heterocycles. The van der Waals surface area contributed by atoms with E-state index in [1.807, 2.05) is 5.32 Å². The van der Waals surface area contributed by atoms with Crippen molar-refractivity contribution in [1.82, 2.24) is 10.6 Å². The predicted molar refractivity (Wildman–Crippen MR) is 71.1 cm³/mol. The maximum Gasteiger partial charge on any atom is 0.339 e. The highest BCUT2D eigenvalue weighted by Gasteiger charge is 2.20. The van der Waals surface area contributed by atoms with Crippen LogP contribution in [0.1, 0.15) is 17.3 Å². The van der Waals surface area contributed by atoms with Gasteiger partial charge >= 0.3 is 12.0 Å². The molecule has 0 radical (unpaired) electrons. The van der Waals surface area contributed by atoms with E-state index in [1.165, 1.54) is 32.2 Å². The van der Waals surface area contributed by atoms with E-state index in [9.17, 15) is 14.4 Å². The summed E-state index contributed by atoms with van der Waals surface area (Å²) >= 11 is 5.70. The number of carbonyl (C=O) groups is 3. The van der Waals surface area contributed by atoms with Gasteiger partial charge in [-0.2, -0.15) is 0 Å². The number of ether oxygens (including phenoxy) is 1. The topological polar surface area (TPSA) is 105 Å². The number of carboxylic acids is 1. The van der Waals surface area contributed by atoms with Crippen LogP contribution in [0, 0.1) is 0 Å². The third-order valence-corrected chi connectivity index (χ3v) is 2.54. The van der Waals surface area contributed by atoms with E-state index in [4.69, 9.17) is 21.4 Å². The Morgan fingerprint density at radius 2 is 2.00 bits per heavy atom. The summed E-state index contributed by atoms with van der Waals surface area (Å²) in [6.07, 6.45) is -1.05. The Balaban J connectivity index is 2.85. The highest BCUT2D eigenvalue weighted by molar-refractivity contribution is 6.31. The van der Waals surface area contributed by atoms with Crippen molar-refractivity contribution >= 4 is 29.5 Å². The first-order valence-electron chi connectivity index (χ1n) is 5.57. The third kappa shape index (κ3) is 4.13. The summed E-state index contributed by atoms with van der Waals surface area (Å²) in [5.41, 5.74) is -0.169. The number of amides is 3. The smallest absolute Gasteiger partial charge is 0.339 e. The summed E-state index contributed by atoms with van der Waals surface area (Å²) in [5, 5.41) is 13.5. The quantitative estimate of drug-likeness (QED) is 0.776. The number of halogens is 1. The van der Waals surface area contributed by atoms with E-state index in [0.717, 1.165) is 0 Å². The van der Waals surface area contributed by atoms with E-state index in [0.29, 0.717) is 0 Å². The molecular formula is C12H13ClN2O5. The molecule has 0 bridgehead atoms. The molecule has 0 spiro atoms. The zero-order valence-electron chi connectivity index (χ0n) is 10.8. The number of hydrogen-bond acceptors (Lipinski definition) is 4. The van der Waals surface area contributed by atoms with Crippen molar-refractivity contribution in [3.8, 4) is 5.75 Å². The highest BCUT2D eigenvalue weighted by atomic mass is 35.5. The molecule has 7 nitrogen and oxygen atoms in total. The van der Waals surface area contributed by atoms with Gasteiger partial charge in [0.05, 0.1) is 0 Å². The Bertz CT molecular complexity index is 547. The van der Waals surface area contributed by atoms with Crippen molar-refractivity contribution in [3.05, 3.63) is 28.8 Å². The zero-order valence-corrected chi connectivity index (χ0v) is 11.5. The molecule has 20 heavy (non-hydrogen) atoms. The van der Waals surface area contributed by atoms with Crippen LogP contribution in [0.5, 0.6) is 5.75 Å². The molecule has 3 N–H and O–H groups in total. The predicted octanol–water partition coefficient (Wildman–Crippen LogP) is 1.26. The lowest BCUT2D eigenvalue weighted by Gasteiger charge is -2.15. The average molecular weight is 301 g/mol. The van der Waals surface area contributed by atoms with Crippen molar-refractivity contribution in [3.63, 3.8) is 0 Å². The molecule has 0 saturated carbocycles. The Morgan fingerprint density at radius 3 is 2.55 bits per heavy atom. The van der Waals surface area contributed by atoms with Crippen LogP contribution < -0.4 is 15.4 Å². The van der Waals surface area contributed by atoms with Gasteiger partial charge in [-0.1, -0.05) is 11.6 Å². The maximum absolute atomic E-state index is 11.6. The fourth-order valence-electron chi connectivity index (χ4n) is 1.29. The van der Waals surface area contributed by atoms with Crippen LogP contribution in [-0.2, 0) is 4.79 Å². The number of hydrogen-bond donors (Lipinski definition) is 3. The van der Waals surface area contributed by atoms with Crippen LogP contribution in [0.15, 0.2) is 18.2 Å². The first-order chi connectivity index (χ1) is 9.35. The average Bonchev–Trinajstić information content (AvgIpc) is 2.40. The fraction of sp³-hybridized carbons (Fsp3) is 0.250. The molecule has 1 aromatic rings. The number of carboxylic acid groups (broad SMARTS) is 1. The van der Waals surface area contributed by atoms with Crippen molar-refractivity contribution in [2.24, 2.45) is 0 Å². The van der Waals surface area contributed by atoms with Gasteiger partial charge in [-0.3, -0.25) is 10.1 Å². The second-order valence-electron chi connectivity index (χ2n) is 3.77. The molecule has 8 heteroatoms. The Kier molecular flexibility index (Phi) is 5.33. The lowest BCUT2D eigenvalue weighted by molar-refractivity contribution is -0.126. The minimum absolute atomic E-state index is 0.0125. The Morgan fingerprint density at radius 1 is 1.35 bits per heavy atom. The number of benzene rings is 1. The lowest BCUT2D eigenvalue weighted by Crippen LogP contribution is -2.44. The van der Waals surface area contributed by atoms with E-state index >= 15 is 0 Å². The molecule has 1 unspecified atom stereocenters. The fourth-order valence-corrected chi connectivity index (χ4v) is 1.46. The summed E-state index contributed by atoms with van der Waals surface area (Å²) in [6.45, 7) is 1.39. The second-order valence-corrected chi connectivity index (χ2v) is 4.21. The SMILES string of the molecule is CNC(=O)NC(=O)C(C)Oc1ccc(Cl)cc1C(=O)O.